The molecule has 0 aromatic heterocycles. The maximum atomic E-state index is 13.4. The van der Waals surface area contributed by atoms with Crippen LogP contribution in [-0.4, -0.2) is 50.1 Å². The summed E-state index contributed by atoms with van der Waals surface area (Å²) in [6.45, 7) is 4.22. The Labute approximate surface area is 164 Å². The molecule has 6 heteroatoms. The summed E-state index contributed by atoms with van der Waals surface area (Å²) in [5, 5.41) is 0. The van der Waals surface area contributed by atoms with Gasteiger partial charge in [-0.3, -0.25) is 9.59 Å². The summed E-state index contributed by atoms with van der Waals surface area (Å²) in [5.74, 6) is -0.0332. The third-order valence-electron chi connectivity index (χ3n) is 5.04. The van der Waals surface area contributed by atoms with Crippen molar-refractivity contribution in [1.82, 2.24) is 4.90 Å². The third-order valence-corrected chi connectivity index (χ3v) is 5.04. The molecule has 0 unspecified atom stereocenters. The Bertz CT molecular complexity index is 943. The lowest BCUT2D eigenvalue weighted by atomic mass is 10.0. The standard InChI is InChI=1S/C22H22N2O4/c1-15-6-8-16(9-7-15)19-20(23-10-12-28-13-11-23)22(26)24(21(19)25)17-4-3-5-18(14-17)27-2/h3-9,14H,10-13H2,1-2H3. The van der Waals surface area contributed by atoms with E-state index in [4.69, 9.17) is 9.47 Å². The second kappa shape index (κ2) is 7.48. The number of morpholine rings is 1. The number of methoxy groups -OCH3 is 1. The fraction of sp³-hybridized carbons (Fsp3) is 0.273. The van der Waals surface area contributed by atoms with Gasteiger partial charge in [-0.1, -0.05) is 35.9 Å². The third kappa shape index (κ3) is 3.16. The molecular formula is C22H22N2O4. The summed E-state index contributed by atoms with van der Waals surface area (Å²) in [7, 11) is 1.56. The van der Waals surface area contributed by atoms with Crippen LogP contribution in [0.5, 0.6) is 5.75 Å². The molecule has 0 radical (unpaired) electrons. The smallest absolute Gasteiger partial charge is 0.282 e. The molecule has 4 rings (SSSR count). The Morgan fingerprint density at radius 3 is 2.36 bits per heavy atom. The number of imide groups is 1. The van der Waals surface area contributed by atoms with Gasteiger partial charge in [-0.15, -0.1) is 0 Å². The van der Waals surface area contributed by atoms with Crippen molar-refractivity contribution in [3.05, 3.63) is 65.4 Å². The average molecular weight is 378 g/mol. The van der Waals surface area contributed by atoms with E-state index in [2.05, 4.69) is 0 Å². The van der Waals surface area contributed by atoms with Crippen LogP contribution in [0, 0.1) is 6.92 Å². The van der Waals surface area contributed by atoms with Crippen LogP contribution >= 0.6 is 0 Å². The molecule has 0 bridgehead atoms. The lowest BCUT2D eigenvalue weighted by Gasteiger charge is -2.29. The zero-order valence-electron chi connectivity index (χ0n) is 16.0. The highest BCUT2D eigenvalue weighted by molar-refractivity contribution is 6.45. The molecule has 0 aliphatic carbocycles. The van der Waals surface area contributed by atoms with Gasteiger partial charge >= 0.3 is 0 Å². The first-order chi connectivity index (χ1) is 13.6. The molecule has 0 atom stereocenters. The Morgan fingerprint density at radius 1 is 0.964 bits per heavy atom. The fourth-order valence-corrected chi connectivity index (χ4v) is 3.56. The fourth-order valence-electron chi connectivity index (χ4n) is 3.56. The number of rotatable bonds is 4. The number of hydrogen-bond acceptors (Lipinski definition) is 5. The van der Waals surface area contributed by atoms with Gasteiger partial charge in [0, 0.05) is 19.2 Å². The van der Waals surface area contributed by atoms with E-state index >= 15 is 0 Å². The predicted molar refractivity (Wildman–Crippen MR) is 106 cm³/mol. The van der Waals surface area contributed by atoms with Gasteiger partial charge in [0.2, 0.25) is 0 Å². The van der Waals surface area contributed by atoms with Crippen LogP contribution in [0.25, 0.3) is 5.57 Å². The molecule has 1 fully saturated rings. The Morgan fingerprint density at radius 2 is 1.68 bits per heavy atom. The Balaban J connectivity index is 1.81. The molecule has 28 heavy (non-hydrogen) atoms. The highest BCUT2D eigenvalue weighted by Crippen LogP contribution is 2.36. The zero-order chi connectivity index (χ0) is 19.7. The lowest BCUT2D eigenvalue weighted by molar-refractivity contribution is -0.121. The van der Waals surface area contributed by atoms with Gasteiger partial charge in [0.05, 0.1) is 31.6 Å². The van der Waals surface area contributed by atoms with Crippen molar-refractivity contribution in [2.75, 3.05) is 38.3 Å². The van der Waals surface area contributed by atoms with Crippen molar-refractivity contribution >= 4 is 23.1 Å². The highest BCUT2D eigenvalue weighted by Gasteiger charge is 2.42. The van der Waals surface area contributed by atoms with E-state index in [0.29, 0.717) is 49.0 Å². The number of nitrogens with zero attached hydrogens (tertiary/aromatic N) is 2. The van der Waals surface area contributed by atoms with Crippen LogP contribution in [0.2, 0.25) is 0 Å². The second-order valence-corrected chi connectivity index (χ2v) is 6.84. The molecule has 144 valence electrons. The van der Waals surface area contributed by atoms with Gasteiger partial charge in [0.1, 0.15) is 11.4 Å². The minimum absolute atomic E-state index is 0.310. The Hall–Kier alpha value is -3.12. The highest BCUT2D eigenvalue weighted by atomic mass is 16.5. The topological polar surface area (TPSA) is 59.1 Å². The summed E-state index contributed by atoms with van der Waals surface area (Å²) in [6.07, 6.45) is 0. The van der Waals surface area contributed by atoms with Crippen LogP contribution in [0.1, 0.15) is 11.1 Å². The van der Waals surface area contributed by atoms with Crippen molar-refractivity contribution in [2.24, 2.45) is 0 Å². The number of hydrogen-bond donors (Lipinski definition) is 0. The minimum atomic E-state index is -0.316. The van der Waals surface area contributed by atoms with Crippen molar-refractivity contribution in [3.8, 4) is 5.75 Å². The van der Waals surface area contributed by atoms with E-state index in [0.717, 1.165) is 11.1 Å². The first-order valence-electron chi connectivity index (χ1n) is 9.27. The van der Waals surface area contributed by atoms with Crippen LogP contribution in [0.15, 0.2) is 54.2 Å². The maximum absolute atomic E-state index is 13.4. The van der Waals surface area contributed by atoms with E-state index in [1.807, 2.05) is 36.1 Å². The second-order valence-electron chi connectivity index (χ2n) is 6.84. The molecule has 2 aliphatic heterocycles. The number of amides is 2. The van der Waals surface area contributed by atoms with Gasteiger partial charge < -0.3 is 14.4 Å². The minimum Gasteiger partial charge on any atom is -0.497 e. The normalized spacial score (nSPS) is 17.5. The number of aryl methyl sites for hydroxylation is 1. The molecule has 1 saturated heterocycles. The summed E-state index contributed by atoms with van der Waals surface area (Å²) in [5.41, 5.74) is 3.23. The molecule has 0 spiro atoms. The van der Waals surface area contributed by atoms with E-state index in [9.17, 15) is 9.59 Å². The van der Waals surface area contributed by atoms with Crippen molar-refractivity contribution in [1.29, 1.82) is 0 Å². The monoisotopic (exact) mass is 378 g/mol. The molecule has 6 nitrogen and oxygen atoms in total. The summed E-state index contributed by atoms with van der Waals surface area (Å²) in [4.78, 5) is 30.0. The van der Waals surface area contributed by atoms with Gasteiger partial charge in [-0.25, -0.2) is 4.90 Å². The molecule has 0 N–H and O–H groups in total. The van der Waals surface area contributed by atoms with Crippen molar-refractivity contribution in [2.45, 2.75) is 6.92 Å². The quantitative estimate of drug-likeness (QED) is 0.766. The van der Waals surface area contributed by atoms with Crippen LogP contribution in [0.3, 0.4) is 0 Å². The van der Waals surface area contributed by atoms with Gasteiger partial charge in [0.15, 0.2) is 0 Å². The summed E-state index contributed by atoms with van der Waals surface area (Å²) < 4.78 is 10.7. The molecule has 2 heterocycles. The van der Waals surface area contributed by atoms with Crippen LogP contribution in [0.4, 0.5) is 5.69 Å². The first-order valence-corrected chi connectivity index (χ1v) is 9.27. The SMILES string of the molecule is COc1cccc(N2C(=O)C(c3ccc(C)cc3)=C(N3CCOCC3)C2=O)c1. The lowest BCUT2D eigenvalue weighted by Crippen LogP contribution is -2.40. The van der Waals surface area contributed by atoms with Gasteiger partial charge in [0.25, 0.3) is 11.8 Å². The average Bonchev–Trinajstić information content (AvgIpc) is 2.99. The van der Waals surface area contributed by atoms with Crippen molar-refractivity contribution in [3.63, 3.8) is 0 Å². The number of ether oxygens (including phenoxy) is 2. The van der Waals surface area contributed by atoms with Crippen molar-refractivity contribution < 1.29 is 19.1 Å². The number of anilines is 1. The molecule has 2 aliphatic rings. The van der Waals surface area contributed by atoms with E-state index < -0.39 is 0 Å². The van der Waals surface area contributed by atoms with E-state index in [1.54, 1.807) is 31.4 Å². The largest absolute Gasteiger partial charge is 0.497 e. The predicted octanol–water partition coefficient (Wildman–Crippen LogP) is 2.62. The molecule has 0 saturated carbocycles. The molecule has 2 aromatic rings. The van der Waals surface area contributed by atoms with Crippen LogP contribution in [-0.2, 0) is 14.3 Å². The van der Waals surface area contributed by atoms with E-state index in [-0.39, 0.29) is 11.8 Å². The first kappa shape index (κ1) is 18.3. The number of carbonyl (C=O) groups is 2. The molecular weight excluding hydrogens is 356 g/mol. The van der Waals surface area contributed by atoms with Gasteiger partial charge in [-0.05, 0) is 24.6 Å². The van der Waals surface area contributed by atoms with Gasteiger partial charge in [-0.2, -0.15) is 0 Å². The summed E-state index contributed by atoms with van der Waals surface area (Å²) in [6, 6.07) is 14.7. The molecule has 2 amide bonds. The number of carbonyl (C=O) groups excluding carboxylic acids is 2. The van der Waals surface area contributed by atoms with E-state index in [1.165, 1.54) is 4.90 Å². The van der Waals surface area contributed by atoms with Crippen LogP contribution < -0.4 is 9.64 Å². The maximum Gasteiger partial charge on any atom is 0.282 e. The Kier molecular flexibility index (Phi) is 4.88. The summed E-state index contributed by atoms with van der Waals surface area (Å²) >= 11 is 0. The number of benzene rings is 2. The molecule has 2 aromatic carbocycles. The zero-order valence-corrected chi connectivity index (χ0v) is 16.0.